The van der Waals surface area contributed by atoms with Crippen LogP contribution in [0.15, 0.2) is 12.1 Å². The quantitative estimate of drug-likeness (QED) is 0.720. The third-order valence-corrected chi connectivity index (χ3v) is 1.80. The lowest BCUT2D eigenvalue weighted by molar-refractivity contribution is 0.0847. The molecule has 0 aliphatic heterocycles. The van der Waals surface area contributed by atoms with E-state index in [1.165, 1.54) is 7.11 Å². The fourth-order valence-corrected chi connectivity index (χ4v) is 1.13. The summed E-state index contributed by atoms with van der Waals surface area (Å²) in [6, 6.07) is 1.84. The normalized spacial score (nSPS) is 10.1. The van der Waals surface area contributed by atoms with E-state index in [9.17, 15) is 13.6 Å². The zero-order valence-corrected chi connectivity index (χ0v) is 8.34. The van der Waals surface area contributed by atoms with Gasteiger partial charge in [0.05, 0.1) is 7.11 Å². The predicted octanol–water partition coefficient (Wildman–Crippen LogP) is 1.80. The van der Waals surface area contributed by atoms with Crippen molar-refractivity contribution in [1.29, 1.82) is 0 Å². The first-order chi connectivity index (χ1) is 7.10. The molecule has 0 fully saturated rings. The van der Waals surface area contributed by atoms with Crippen LogP contribution in [0, 0.1) is 11.6 Å². The summed E-state index contributed by atoms with van der Waals surface area (Å²) in [6.07, 6.45) is 0. The van der Waals surface area contributed by atoms with E-state index >= 15 is 0 Å². The summed E-state index contributed by atoms with van der Waals surface area (Å²) >= 11 is 0. The first kappa shape index (κ1) is 11.6. The van der Waals surface area contributed by atoms with Gasteiger partial charge in [-0.2, -0.15) is 0 Å². The van der Waals surface area contributed by atoms with Crippen LogP contribution < -0.4 is 4.74 Å². The first-order valence-electron chi connectivity index (χ1n) is 4.15. The number of halogens is 2. The molecule has 0 aliphatic rings. The van der Waals surface area contributed by atoms with Gasteiger partial charge in [0.2, 0.25) is 0 Å². The Morgan fingerprint density at radius 2 is 1.80 bits per heavy atom. The first-order valence-corrected chi connectivity index (χ1v) is 4.15. The van der Waals surface area contributed by atoms with Crippen LogP contribution >= 0.6 is 0 Å². The number of carbonyl (C=O) groups is 1. The monoisotopic (exact) mass is 216 g/mol. The van der Waals surface area contributed by atoms with E-state index in [1.54, 1.807) is 0 Å². The molecule has 1 aromatic carbocycles. The second-order valence-corrected chi connectivity index (χ2v) is 2.83. The molecule has 0 N–H and O–H groups in total. The number of methoxy groups -OCH3 is 2. The molecule has 0 bridgehead atoms. The van der Waals surface area contributed by atoms with Gasteiger partial charge in [-0.1, -0.05) is 0 Å². The van der Waals surface area contributed by atoms with Gasteiger partial charge in [-0.05, 0) is 12.1 Å². The molecule has 82 valence electrons. The van der Waals surface area contributed by atoms with Crippen LogP contribution in [0.3, 0.4) is 0 Å². The van der Waals surface area contributed by atoms with Crippen molar-refractivity contribution in [3.63, 3.8) is 0 Å². The maximum absolute atomic E-state index is 13.2. The molecular weight excluding hydrogens is 206 g/mol. The number of carbonyl (C=O) groups excluding carboxylic acids is 1. The summed E-state index contributed by atoms with van der Waals surface area (Å²) in [5, 5.41) is 0. The van der Waals surface area contributed by atoms with Crippen LogP contribution in [0.2, 0.25) is 0 Å². The molecule has 1 aromatic rings. The number of rotatable bonds is 4. The summed E-state index contributed by atoms with van der Waals surface area (Å²) in [5.74, 6) is -2.80. The third kappa shape index (κ3) is 2.50. The van der Waals surface area contributed by atoms with Crippen molar-refractivity contribution in [1.82, 2.24) is 0 Å². The Morgan fingerprint density at radius 3 is 2.20 bits per heavy atom. The van der Waals surface area contributed by atoms with E-state index in [2.05, 4.69) is 9.47 Å². The smallest absolute Gasteiger partial charge is 0.190 e. The van der Waals surface area contributed by atoms with E-state index in [1.807, 2.05) is 0 Å². The van der Waals surface area contributed by atoms with Crippen LogP contribution in [0.25, 0.3) is 0 Å². The van der Waals surface area contributed by atoms with Gasteiger partial charge in [0, 0.05) is 12.7 Å². The lowest BCUT2D eigenvalue weighted by Crippen LogP contribution is -2.08. The highest BCUT2D eigenvalue weighted by atomic mass is 19.1. The molecule has 1 rings (SSSR count). The molecule has 0 heterocycles. The van der Waals surface area contributed by atoms with E-state index in [4.69, 9.17) is 0 Å². The Balaban J connectivity index is 3.08. The molecular formula is C10H10F2O3. The van der Waals surface area contributed by atoms with Gasteiger partial charge >= 0.3 is 0 Å². The Morgan fingerprint density at radius 1 is 1.27 bits per heavy atom. The maximum Gasteiger partial charge on any atom is 0.190 e. The molecule has 0 aromatic heterocycles. The Labute approximate surface area is 85.6 Å². The summed E-state index contributed by atoms with van der Waals surface area (Å²) in [6.45, 7) is -0.217. The highest BCUT2D eigenvalue weighted by molar-refractivity contribution is 5.97. The van der Waals surface area contributed by atoms with Crippen LogP contribution in [-0.2, 0) is 4.74 Å². The second-order valence-electron chi connectivity index (χ2n) is 2.83. The van der Waals surface area contributed by atoms with Gasteiger partial charge < -0.3 is 9.47 Å². The van der Waals surface area contributed by atoms with Crippen molar-refractivity contribution in [2.24, 2.45) is 0 Å². The summed E-state index contributed by atoms with van der Waals surface area (Å²) in [4.78, 5) is 11.2. The van der Waals surface area contributed by atoms with Crippen molar-refractivity contribution in [3.8, 4) is 5.75 Å². The number of Topliss-reactive ketones (excluding diaryl/α,β-unsaturated/α-hetero) is 1. The largest absolute Gasteiger partial charge is 0.491 e. The molecule has 0 saturated carbocycles. The molecule has 0 spiro atoms. The van der Waals surface area contributed by atoms with Gasteiger partial charge in [0.25, 0.3) is 0 Å². The lowest BCUT2D eigenvalue weighted by atomic mass is 10.1. The fourth-order valence-electron chi connectivity index (χ4n) is 1.13. The van der Waals surface area contributed by atoms with Gasteiger partial charge in [0.1, 0.15) is 6.61 Å². The Bertz CT molecular complexity index is 354. The molecule has 15 heavy (non-hydrogen) atoms. The van der Waals surface area contributed by atoms with E-state index in [-0.39, 0.29) is 12.2 Å². The Hall–Kier alpha value is -1.49. The standard InChI is InChI=1S/C10H10F2O3/c1-14-5-9(13)6-3-7(11)10(15-2)8(12)4-6/h3-4H,5H2,1-2H3. The topological polar surface area (TPSA) is 35.5 Å². The number of benzene rings is 1. The molecule has 0 radical (unpaired) electrons. The Kier molecular flexibility index (Phi) is 3.74. The van der Waals surface area contributed by atoms with Crippen molar-refractivity contribution in [3.05, 3.63) is 29.3 Å². The highest BCUT2D eigenvalue weighted by Gasteiger charge is 2.15. The van der Waals surface area contributed by atoms with E-state index in [0.717, 1.165) is 19.2 Å². The molecule has 0 unspecified atom stereocenters. The van der Waals surface area contributed by atoms with Gasteiger partial charge in [-0.3, -0.25) is 4.79 Å². The van der Waals surface area contributed by atoms with Crippen molar-refractivity contribution >= 4 is 5.78 Å². The average Bonchev–Trinajstić information content (AvgIpc) is 2.17. The number of ketones is 1. The second kappa shape index (κ2) is 4.84. The van der Waals surface area contributed by atoms with Crippen molar-refractivity contribution < 1.29 is 23.0 Å². The minimum absolute atomic E-state index is 0.0762. The average molecular weight is 216 g/mol. The lowest BCUT2D eigenvalue weighted by Gasteiger charge is -2.05. The zero-order chi connectivity index (χ0) is 11.4. The molecule has 0 amide bonds. The molecule has 3 nitrogen and oxygen atoms in total. The van der Waals surface area contributed by atoms with Crippen LogP contribution in [0.1, 0.15) is 10.4 Å². The van der Waals surface area contributed by atoms with Crippen LogP contribution in [0.5, 0.6) is 5.75 Å². The summed E-state index contributed by atoms with van der Waals surface area (Å²) in [5.41, 5.74) is -0.0762. The van der Waals surface area contributed by atoms with Gasteiger partial charge in [-0.15, -0.1) is 0 Å². The van der Waals surface area contributed by atoms with Crippen molar-refractivity contribution in [2.75, 3.05) is 20.8 Å². The van der Waals surface area contributed by atoms with E-state index in [0.29, 0.717) is 0 Å². The summed E-state index contributed by atoms with van der Waals surface area (Å²) in [7, 11) is 2.48. The van der Waals surface area contributed by atoms with E-state index < -0.39 is 23.2 Å². The number of hydrogen-bond acceptors (Lipinski definition) is 3. The summed E-state index contributed by atoms with van der Waals surface area (Å²) < 4.78 is 35.4. The minimum atomic E-state index is -0.906. The van der Waals surface area contributed by atoms with Crippen molar-refractivity contribution in [2.45, 2.75) is 0 Å². The molecule has 5 heteroatoms. The predicted molar refractivity (Wildman–Crippen MR) is 49.1 cm³/mol. The third-order valence-electron chi connectivity index (χ3n) is 1.80. The van der Waals surface area contributed by atoms with Crippen LogP contribution in [0.4, 0.5) is 8.78 Å². The fraction of sp³-hybridized carbons (Fsp3) is 0.300. The molecule has 0 atom stereocenters. The number of ether oxygens (including phenoxy) is 2. The van der Waals surface area contributed by atoms with Crippen LogP contribution in [-0.4, -0.2) is 26.6 Å². The van der Waals surface area contributed by atoms with Gasteiger partial charge in [0.15, 0.2) is 23.2 Å². The number of hydrogen-bond donors (Lipinski definition) is 0. The molecule has 0 saturated heterocycles. The minimum Gasteiger partial charge on any atom is -0.491 e. The highest BCUT2D eigenvalue weighted by Crippen LogP contribution is 2.22. The van der Waals surface area contributed by atoms with Gasteiger partial charge in [-0.25, -0.2) is 8.78 Å². The maximum atomic E-state index is 13.2. The molecule has 0 aliphatic carbocycles. The SMILES string of the molecule is COCC(=O)c1cc(F)c(OC)c(F)c1. The zero-order valence-electron chi connectivity index (χ0n) is 8.34.